The Balaban J connectivity index is 2.07. The molecule has 0 aliphatic heterocycles. The number of rotatable bonds is 3. The number of halogens is 1. The van der Waals surface area contributed by atoms with Crippen LogP contribution >= 0.6 is 23.8 Å². The molecule has 0 bridgehead atoms. The Morgan fingerprint density at radius 3 is 2.41 bits per heavy atom. The monoisotopic (exact) mass is 335 g/mol. The molecular weight excluding hydrogens is 326 g/mol. The van der Waals surface area contributed by atoms with Gasteiger partial charge < -0.3 is 5.32 Å². The third kappa shape index (κ3) is 4.00. The van der Waals surface area contributed by atoms with E-state index in [1.54, 1.807) is 24.3 Å². The van der Waals surface area contributed by atoms with Crippen molar-refractivity contribution >= 4 is 46.2 Å². The molecule has 22 heavy (non-hydrogen) atoms. The average molecular weight is 336 g/mol. The summed E-state index contributed by atoms with van der Waals surface area (Å²) in [6.45, 7) is 0. The molecule has 8 heteroatoms. The van der Waals surface area contributed by atoms with Crippen LogP contribution in [0.15, 0.2) is 48.5 Å². The second kappa shape index (κ2) is 6.97. The maximum Gasteiger partial charge on any atom is 0.282 e. The number of amides is 1. The van der Waals surface area contributed by atoms with E-state index in [1.165, 1.54) is 24.3 Å². The first kappa shape index (κ1) is 15.9. The summed E-state index contributed by atoms with van der Waals surface area (Å²) in [6, 6.07) is 12.3. The van der Waals surface area contributed by atoms with Crippen molar-refractivity contribution in [3.05, 3.63) is 69.2 Å². The second-order valence-electron chi connectivity index (χ2n) is 4.19. The lowest BCUT2D eigenvalue weighted by molar-refractivity contribution is -0.385. The van der Waals surface area contributed by atoms with Gasteiger partial charge >= 0.3 is 0 Å². The van der Waals surface area contributed by atoms with Gasteiger partial charge in [0, 0.05) is 16.8 Å². The van der Waals surface area contributed by atoms with Gasteiger partial charge in [-0.25, -0.2) is 0 Å². The molecule has 2 aromatic rings. The van der Waals surface area contributed by atoms with Crippen LogP contribution in [0.5, 0.6) is 0 Å². The summed E-state index contributed by atoms with van der Waals surface area (Å²) in [7, 11) is 0. The van der Waals surface area contributed by atoms with Gasteiger partial charge in [0.2, 0.25) is 0 Å². The summed E-state index contributed by atoms with van der Waals surface area (Å²) in [5, 5.41) is 16.7. The first-order valence-electron chi connectivity index (χ1n) is 6.08. The smallest absolute Gasteiger partial charge is 0.282 e. The molecule has 2 aromatic carbocycles. The minimum atomic E-state index is -0.654. The van der Waals surface area contributed by atoms with Crippen LogP contribution in [0.4, 0.5) is 11.4 Å². The standard InChI is InChI=1S/C14H10ClN3O3S/c15-9-5-7-10(8-6-9)16-14(22)17-13(19)11-3-1-2-4-12(11)18(20)21/h1-8H,(H2,16,17,19,22). The number of nitrogens with one attached hydrogen (secondary N) is 2. The van der Waals surface area contributed by atoms with Crippen LogP contribution in [0.25, 0.3) is 0 Å². The molecule has 0 spiro atoms. The number of carbonyl (C=O) groups is 1. The van der Waals surface area contributed by atoms with Crippen LogP contribution in [0.1, 0.15) is 10.4 Å². The zero-order valence-corrected chi connectivity index (χ0v) is 12.6. The van der Waals surface area contributed by atoms with Gasteiger partial charge in [-0.2, -0.15) is 0 Å². The van der Waals surface area contributed by atoms with E-state index in [2.05, 4.69) is 10.6 Å². The van der Waals surface area contributed by atoms with Gasteiger partial charge in [-0.3, -0.25) is 20.2 Å². The van der Waals surface area contributed by atoms with Crippen molar-refractivity contribution in [1.29, 1.82) is 0 Å². The lowest BCUT2D eigenvalue weighted by atomic mass is 10.1. The summed E-state index contributed by atoms with van der Waals surface area (Å²) in [5.41, 5.74) is 0.291. The number of nitrogens with zero attached hydrogens (tertiary/aromatic N) is 1. The van der Waals surface area contributed by atoms with Crippen LogP contribution in [-0.2, 0) is 0 Å². The van der Waals surface area contributed by atoms with Gasteiger partial charge in [0.05, 0.1) is 4.92 Å². The number of carbonyl (C=O) groups excluding carboxylic acids is 1. The van der Waals surface area contributed by atoms with Gasteiger partial charge in [-0.15, -0.1) is 0 Å². The highest BCUT2D eigenvalue weighted by atomic mass is 35.5. The van der Waals surface area contributed by atoms with Crippen molar-refractivity contribution in [2.75, 3.05) is 5.32 Å². The minimum Gasteiger partial charge on any atom is -0.332 e. The van der Waals surface area contributed by atoms with Crippen molar-refractivity contribution in [3.8, 4) is 0 Å². The predicted molar refractivity (Wildman–Crippen MR) is 88.2 cm³/mol. The van der Waals surface area contributed by atoms with Crippen molar-refractivity contribution in [2.45, 2.75) is 0 Å². The molecule has 0 saturated carbocycles. The number of nitro groups is 1. The van der Waals surface area contributed by atoms with Crippen LogP contribution in [0, 0.1) is 10.1 Å². The lowest BCUT2D eigenvalue weighted by Gasteiger charge is -2.09. The molecule has 1 amide bonds. The Hall–Kier alpha value is -2.51. The SMILES string of the molecule is O=C(NC(=S)Nc1ccc(Cl)cc1)c1ccccc1[N+](=O)[O-]. The molecule has 0 radical (unpaired) electrons. The Morgan fingerprint density at radius 2 is 1.77 bits per heavy atom. The number of hydrogen-bond acceptors (Lipinski definition) is 4. The highest BCUT2D eigenvalue weighted by molar-refractivity contribution is 7.80. The van der Waals surface area contributed by atoms with Gasteiger partial charge in [0.15, 0.2) is 5.11 Å². The van der Waals surface area contributed by atoms with E-state index in [1.807, 2.05) is 0 Å². The van der Waals surface area contributed by atoms with Gasteiger partial charge in [0.25, 0.3) is 11.6 Å². The summed E-state index contributed by atoms with van der Waals surface area (Å²) in [5.74, 6) is -0.654. The van der Waals surface area contributed by atoms with Crippen LogP contribution in [0.3, 0.4) is 0 Å². The zero-order valence-electron chi connectivity index (χ0n) is 11.1. The number of anilines is 1. The topological polar surface area (TPSA) is 84.3 Å². The third-order valence-electron chi connectivity index (χ3n) is 2.67. The van der Waals surface area contributed by atoms with Crippen molar-refractivity contribution in [2.24, 2.45) is 0 Å². The molecule has 0 unspecified atom stereocenters. The molecule has 0 atom stereocenters. The van der Waals surface area contributed by atoms with Gasteiger partial charge in [0.1, 0.15) is 5.56 Å². The van der Waals surface area contributed by atoms with Gasteiger partial charge in [-0.1, -0.05) is 23.7 Å². The average Bonchev–Trinajstić information content (AvgIpc) is 2.49. The summed E-state index contributed by atoms with van der Waals surface area (Å²) in [4.78, 5) is 22.3. The van der Waals surface area contributed by atoms with Gasteiger partial charge in [-0.05, 0) is 42.5 Å². The summed E-state index contributed by atoms with van der Waals surface area (Å²) >= 11 is 10.8. The molecule has 112 valence electrons. The van der Waals surface area contributed by atoms with E-state index >= 15 is 0 Å². The fraction of sp³-hybridized carbons (Fsp3) is 0. The largest absolute Gasteiger partial charge is 0.332 e. The molecule has 0 aromatic heterocycles. The number of benzene rings is 2. The van der Waals surface area contributed by atoms with E-state index < -0.39 is 10.8 Å². The first-order valence-corrected chi connectivity index (χ1v) is 6.87. The molecule has 2 rings (SSSR count). The molecule has 0 aliphatic carbocycles. The fourth-order valence-corrected chi connectivity index (χ4v) is 2.03. The fourth-order valence-electron chi connectivity index (χ4n) is 1.69. The predicted octanol–water partition coefficient (Wildman–Crippen LogP) is 3.38. The second-order valence-corrected chi connectivity index (χ2v) is 5.03. The third-order valence-corrected chi connectivity index (χ3v) is 3.13. The highest BCUT2D eigenvalue weighted by Gasteiger charge is 2.19. The highest BCUT2D eigenvalue weighted by Crippen LogP contribution is 2.17. The Labute approximate surface area is 136 Å². The number of nitro benzene ring substituents is 1. The molecule has 0 heterocycles. The summed E-state index contributed by atoms with van der Waals surface area (Å²) in [6.07, 6.45) is 0. The van der Waals surface area contributed by atoms with E-state index in [9.17, 15) is 14.9 Å². The maximum atomic E-state index is 12.1. The number of thiocarbonyl (C=S) groups is 1. The molecule has 2 N–H and O–H groups in total. The lowest BCUT2D eigenvalue weighted by Crippen LogP contribution is -2.34. The first-order chi connectivity index (χ1) is 10.5. The van der Waals surface area contributed by atoms with Crippen molar-refractivity contribution in [1.82, 2.24) is 5.32 Å². The van der Waals surface area contributed by atoms with Crippen LogP contribution in [0.2, 0.25) is 5.02 Å². The van der Waals surface area contributed by atoms with Crippen LogP contribution < -0.4 is 10.6 Å². The molecule has 0 fully saturated rings. The maximum absolute atomic E-state index is 12.1. The minimum absolute atomic E-state index is 0.0328. The Bertz CT molecular complexity index is 734. The van der Waals surface area contributed by atoms with Crippen molar-refractivity contribution in [3.63, 3.8) is 0 Å². The Morgan fingerprint density at radius 1 is 1.14 bits per heavy atom. The molecular formula is C14H10ClN3O3S. The van der Waals surface area contributed by atoms with Crippen LogP contribution in [-0.4, -0.2) is 15.9 Å². The molecule has 0 aliphatic rings. The quantitative estimate of drug-likeness (QED) is 0.510. The van der Waals surface area contributed by atoms with E-state index in [0.29, 0.717) is 10.7 Å². The Kier molecular flexibility index (Phi) is 5.03. The zero-order chi connectivity index (χ0) is 16.1. The number of hydrogen-bond donors (Lipinski definition) is 2. The van der Waals surface area contributed by atoms with Crippen molar-refractivity contribution < 1.29 is 9.72 Å². The summed E-state index contributed by atoms with van der Waals surface area (Å²) < 4.78 is 0. The normalized spacial score (nSPS) is 9.86. The van der Waals surface area contributed by atoms with E-state index in [-0.39, 0.29) is 16.4 Å². The molecule has 0 saturated heterocycles. The molecule has 6 nitrogen and oxygen atoms in total. The number of para-hydroxylation sites is 1. The van der Waals surface area contributed by atoms with E-state index in [4.69, 9.17) is 23.8 Å². The van der Waals surface area contributed by atoms with E-state index in [0.717, 1.165) is 0 Å².